The molecule has 1 aromatic heterocycles. The molecule has 186 valence electrons. The standard InChI is InChI=1S/C25H34N2O7/c1-15-6-7-19-16(2)22(31-23-25(19)18(15)10-11-24(3,32-23)33-34-25)30-21(29)9-8-20(28)27-14-17-5-4-12-26-13-17/h4-5,12-13,15-16,18-19,22-23H,6-11,14H2,1-3H3,(H,27,28)/t15-,16-,18+,19-,22+,23-,24+,25-/m1/s1. The minimum Gasteiger partial charge on any atom is -0.435 e. The second-order valence-electron chi connectivity index (χ2n) is 10.4. The molecule has 34 heavy (non-hydrogen) atoms. The number of aromatic nitrogens is 1. The summed E-state index contributed by atoms with van der Waals surface area (Å²) < 4.78 is 18.3. The van der Waals surface area contributed by atoms with Gasteiger partial charge in [0.15, 0.2) is 11.9 Å². The number of esters is 1. The Morgan fingerprint density at radius 3 is 2.82 bits per heavy atom. The van der Waals surface area contributed by atoms with Crippen LogP contribution in [0.4, 0.5) is 0 Å². The van der Waals surface area contributed by atoms with Crippen LogP contribution in [0.3, 0.4) is 0 Å². The highest BCUT2D eigenvalue weighted by atomic mass is 17.3. The predicted octanol–water partition coefficient (Wildman–Crippen LogP) is 3.23. The van der Waals surface area contributed by atoms with E-state index in [1.807, 2.05) is 26.0 Å². The van der Waals surface area contributed by atoms with Crippen LogP contribution in [0.2, 0.25) is 0 Å². The van der Waals surface area contributed by atoms with Crippen LogP contribution >= 0.6 is 0 Å². The quantitative estimate of drug-likeness (QED) is 0.495. The van der Waals surface area contributed by atoms with E-state index in [-0.39, 0.29) is 36.5 Å². The summed E-state index contributed by atoms with van der Waals surface area (Å²) in [5.41, 5.74) is 0.205. The predicted molar refractivity (Wildman–Crippen MR) is 118 cm³/mol. The smallest absolute Gasteiger partial charge is 0.308 e. The topological polar surface area (TPSA) is 105 Å². The van der Waals surface area contributed by atoms with Gasteiger partial charge in [-0.25, -0.2) is 9.78 Å². The molecular formula is C25H34N2O7. The number of pyridine rings is 1. The molecular weight excluding hydrogens is 440 g/mol. The number of nitrogens with one attached hydrogen (secondary N) is 1. The summed E-state index contributed by atoms with van der Waals surface area (Å²) in [6.45, 7) is 6.52. The maximum Gasteiger partial charge on any atom is 0.308 e. The van der Waals surface area contributed by atoms with Crippen molar-refractivity contribution in [2.45, 2.75) is 89.8 Å². The number of rotatable bonds is 6. The zero-order valence-electron chi connectivity index (χ0n) is 20.0. The third-order valence-corrected chi connectivity index (χ3v) is 8.11. The van der Waals surface area contributed by atoms with Gasteiger partial charge in [-0.3, -0.25) is 14.6 Å². The maximum absolute atomic E-state index is 12.6. The van der Waals surface area contributed by atoms with Gasteiger partial charge < -0.3 is 19.5 Å². The molecule has 1 spiro atoms. The molecule has 1 N–H and O–H groups in total. The zero-order chi connectivity index (χ0) is 23.9. The first kappa shape index (κ1) is 23.7. The summed E-state index contributed by atoms with van der Waals surface area (Å²) in [6, 6.07) is 3.69. The summed E-state index contributed by atoms with van der Waals surface area (Å²) in [5, 5.41) is 2.80. The van der Waals surface area contributed by atoms with Crippen LogP contribution in [0.5, 0.6) is 0 Å². The molecule has 8 atom stereocenters. The lowest BCUT2D eigenvalue weighted by Gasteiger charge is -2.59. The van der Waals surface area contributed by atoms with Crippen LogP contribution in [0.1, 0.15) is 64.9 Å². The summed E-state index contributed by atoms with van der Waals surface area (Å²) in [4.78, 5) is 40.7. The molecule has 4 saturated heterocycles. The molecule has 1 saturated carbocycles. The van der Waals surface area contributed by atoms with Crippen molar-refractivity contribution in [3.63, 3.8) is 0 Å². The van der Waals surface area contributed by atoms with E-state index < -0.39 is 29.9 Å². The summed E-state index contributed by atoms with van der Waals surface area (Å²) in [5.74, 6) is -0.856. The molecule has 0 aromatic carbocycles. The Balaban J connectivity index is 1.20. The number of carbonyl (C=O) groups is 2. The van der Waals surface area contributed by atoms with Crippen molar-refractivity contribution >= 4 is 11.9 Å². The Morgan fingerprint density at radius 1 is 1.18 bits per heavy atom. The van der Waals surface area contributed by atoms with Gasteiger partial charge in [-0.15, -0.1) is 0 Å². The highest BCUT2D eigenvalue weighted by Crippen LogP contribution is 2.60. The average Bonchev–Trinajstić information content (AvgIpc) is 3.06. The Bertz CT molecular complexity index is 914. The largest absolute Gasteiger partial charge is 0.435 e. The molecule has 6 rings (SSSR count). The van der Waals surface area contributed by atoms with E-state index in [1.54, 1.807) is 12.4 Å². The number of hydrogen-bond donors (Lipinski definition) is 1. The van der Waals surface area contributed by atoms with Crippen molar-refractivity contribution < 1.29 is 33.6 Å². The van der Waals surface area contributed by atoms with E-state index in [4.69, 9.17) is 24.0 Å². The second-order valence-corrected chi connectivity index (χ2v) is 10.4. The van der Waals surface area contributed by atoms with Crippen molar-refractivity contribution in [2.24, 2.45) is 23.7 Å². The summed E-state index contributed by atoms with van der Waals surface area (Å²) >= 11 is 0. The highest BCUT2D eigenvalue weighted by Gasteiger charge is 2.69. The third-order valence-electron chi connectivity index (χ3n) is 8.11. The molecule has 9 nitrogen and oxygen atoms in total. The van der Waals surface area contributed by atoms with E-state index in [2.05, 4.69) is 17.2 Å². The number of hydrogen-bond acceptors (Lipinski definition) is 8. The van der Waals surface area contributed by atoms with E-state index in [9.17, 15) is 9.59 Å². The van der Waals surface area contributed by atoms with Gasteiger partial charge in [0.1, 0.15) is 0 Å². The Kier molecular flexibility index (Phi) is 6.39. The van der Waals surface area contributed by atoms with Crippen molar-refractivity contribution in [1.82, 2.24) is 10.3 Å². The van der Waals surface area contributed by atoms with Gasteiger partial charge in [-0.2, -0.15) is 0 Å². The van der Waals surface area contributed by atoms with Crippen LogP contribution < -0.4 is 5.32 Å². The monoisotopic (exact) mass is 474 g/mol. The molecule has 0 unspecified atom stereocenters. The number of fused-ring (bicyclic) bond motifs is 2. The van der Waals surface area contributed by atoms with E-state index >= 15 is 0 Å². The molecule has 5 heterocycles. The maximum atomic E-state index is 12.6. The zero-order valence-corrected chi connectivity index (χ0v) is 20.0. The van der Waals surface area contributed by atoms with Gasteiger partial charge in [-0.05, 0) is 49.7 Å². The summed E-state index contributed by atoms with van der Waals surface area (Å²) in [6.07, 6.45) is 5.64. The van der Waals surface area contributed by atoms with Crippen molar-refractivity contribution in [3.05, 3.63) is 30.1 Å². The normalized spacial score (nSPS) is 40.7. The van der Waals surface area contributed by atoms with Crippen molar-refractivity contribution in [2.75, 3.05) is 0 Å². The SMILES string of the molecule is C[C@H]1[C@@H](OC(=O)CCC(=O)NCc2cccnc2)O[C@@H]2O[C@]3(C)CC[C@H]4[C@H](C)CC[C@H]1[C@@]24OO3. The lowest BCUT2D eigenvalue weighted by molar-refractivity contribution is -0.576. The first-order valence-electron chi connectivity index (χ1n) is 12.4. The van der Waals surface area contributed by atoms with Gasteiger partial charge in [0.25, 0.3) is 0 Å². The van der Waals surface area contributed by atoms with Gasteiger partial charge in [0.05, 0.1) is 6.42 Å². The fourth-order valence-electron chi connectivity index (χ4n) is 6.20. The number of ether oxygens (including phenoxy) is 3. The molecule has 2 bridgehead atoms. The fraction of sp³-hybridized carbons (Fsp3) is 0.720. The molecule has 9 heteroatoms. The fourth-order valence-corrected chi connectivity index (χ4v) is 6.20. The van der Waals surface area contributed by atoms with E-state index in [1.165, 1.54) is 0 Å². The van der Waals surface area contributed by atoms with Gasteiger partial charge in [-0.1, -0.05) is 19.9 Å². The average molecular weight is 475 g/mol. The van der Waals surface area contributed by atoms with Gasteiger partial charge in [0.2, 0.25) is 18.0 Å². The highest BCUT2D eigenvalue weighted by molar-refractivity contribution is 5.81. The summed E-state index contributed by atoms with van der Waals surface area (Å²) in [7, 11) is 0. The first-order chi connectivity index (χ1) is 16.3. The molecule has 1 aliphatic carbocycles. The van der Waals surface area contributed by atoms with Gasteiger partial charge in [0, 0.05) is 43.6 Å². The van der Waals surface area contributed by atoms with E-state index in [0.717, 1.165) is 31.2 Å². The molecule has 0 radical (unpaired) electrons. The Labute approximate surface area is 199 Å². The molecule has 4 aliphatic heterocycles. The second kappa shape index (κ2) is 9.18. The number of amides is 1. The first-order valence-corrected chi connectivity index (χ1v) is 12.4. The number of carbonyl (C=O) groups excluding carboxylic acids is 2. The molecule has 1 amide bonds. The number of nitrogens with zero attached hydrogens (tertiary/aromatic N) is 1. The Hall–Kier alpha value is -2.07. The van der Waals surface area contributed by atoms with Gasteiger partial charge >= 0.3 is 5.97 Å². The third kappa shape index (κ3) is 4.23. The van der Waals surface area contributed by atoms with Crippen molar-refractivity contribution in [1.29, 1.82) is 0 Å². The minimum absolute atomic E-state index is 0.0240. The van der Waals surface area contributed by atoms with Crippen LogP contribution in [-0.2, 0) is 40.1 Å². The van der Waals surface area contributed by atoms with Crippen LogP contribution in [0.25, 0.3) is 0 Å². The lowest BCUT2D eigenvalue weighted by atomic mass is 9.58. The van der Waals surface area contributed by atoms with Crippen LogP contribution in [0, 0.1) is 23.7 Å². The molecule has 5 aliphatic rings. The molecule has 1 aromatic rings. The van der Waals surface area contributed by atoms with Crippen LogP contribution in [0.15, 0.2) is 24.5 Å². The van der Waals surface area contributed by atoms with Crippen molar-refractivity contribution in [3.8, 4) is 0 Å². The molecule has 5 fully saturated rings. The Morgan fingerprint density at radius 2 is 2.03 bits per heavy atom. The van der Waals surface area contributed by atoms with E-state index in [0.29, 0.717) is 12.5 Å². The minimum atomic E-state index is -0.876. The lowest BCUT2D eigenvalue weighted by Crippen LogP contribution is -2.70. The van der Waals surface area contributed by atoms with Crippen LogP contribution in [-0.4, -0.2) is 40.8 Å².